The number of nitrogens with zero attached hydrogens (tertiary/aromatic N) is 2. The fourth-order valence-corrected chi connectivity index (χ4v) is 1.63. The lowest BCUT2D eigenvalue weighted by atomic mass is 10.4. The molecule has 2 N–H and O–H groups in total. The third kappa shape index (κ3) is 2.67. The Morgan fingerprint density at radius 3 is 2.85 bits per heavy atom. The molecule has 0 aromatic rings. The first-order chi connectivity index (χ1) is 6.29. The lowest BCUT2D eigenvalue weighted by Gasteiger charge is -2.27. The number of carbonyl (C=O) groups is 1. The van der Waals surface area contributed by atoms with E-state index in [1.165, 1.54) is 0 Å². The monoisotopic (exact) mass is 185 g/mol. The van der Waals surface area contributed by atoms with Gasteiger partial charge in [0.05, 0.1) is 0 Å². The van der Waals surface area contributed by atoms with Crippen LogP contribution in [-0.2, 0) is 4.79 Å². The van der Waals surface area contributed by atoms with Crippen LogP contribution in [0.1, 0.15) is 26.2 Å². The van der Waals surface area contributed by atoms with Crippen molar-refractivity contribution in [2.75, 3.05) is 26.2 Å². The molecular formula is C9H19N3O. The highest BCUT2D eigenvalue weighted by Crippen LogP contribution is 2.12. The van der Waals surface area contributed by atoms with Gasteiger partial charge in [-0.1, -0.05) is 6.92 Å². The quantitative estimate of drug-likeness (QED) is 0.665. The first-order valence-electron chi connectivity index (χ1n) is 5.05. The lowest BCUT2D eigenvalue weighted by Crippen LogP contribution is -2.40. The number of hydrazine groups is 1. The molecule has 0 atom stereocenters. The zero-order valence-corrected chi connectivity index (χ0v) is 8.33. The summed E-state index contributed by atoms with van der Waals surface area (Å²) in [5.41, 5.74) is 5.41. The topological polar surface area (TPSA) is 49.6 Å². The normalized spacial score (nSPS) is 18.6. The molecule has 1 heterocycles. The van der Waals surface area contributed by atoms with Crippen LogP contribution in [0.5, 0.6) is 0 Å². The second-order valence-electron chi connectivity index (χ2n) is 3.36. The summed E-state index contributed by atoms with van der Waals surface area (Å²) in [4.78, 5) is 11.4. The predicted octanol–water partition coefficient (Wildman–Crippen LogP) is 0.195. The highest BCUT2D eigenvalue weighted by atomic mass is 16.2. The SMILES string of the molecule is CCCN1CCC(=O)N1CCCN. The standard InChI is InChI=1S/C9H19N3O/c1-2-6-11-8-4-9(13)12(11)7-3-5-10/h2-8,10H2,1H3. The molecule has 4 nitrogen and oxygen atoms in total. The summed E-state index contributed by atoms with van der Waals surface area (Å²) in [5, 5.41) is 3.99. The third-order valence-corrected chi connectivity index (χ3v) is 2.27. The van der Waals surface area contributed by atoms with Crippen LogP contribution >= 0.6 is 0 Å². The average molecular weight is 185 g/mol. The molecule has 0 aromatic heterocycles. The van der Waals surface area contributed by atoms with Gasteiger partial charge in [0.25, 0.3) is 0 Å². The van der Waals surface area contributed by atoms with Gasteiger partial charge in [-0.05, 0) is 19.4 Å². The molecule has 76 valence electrons. The second-order valence-corrected chi connectivity index (χ2v) is 3.36. The van der Waals surface area contributed by atoms with E-state index in [2.05, 4.69) is 11.9 Å². The minimum atomic E-state index is 0.252. The van der Waals surface area contributed by atoms with Crippen LogP contribution in [0.3, 0.4) is 0 Å². The molecule has 0 bridgehead atoms. The van der Waals surface area contributed by atoms with Crippen molar-refractivity contribution in [2.45, 2.75) is 26.2 Å². The smallest absolute Gasteiger partial charge is 0.238 e. The Morgan fingerprint density at radius 2 is 2.23 bits per heavy atom. The van der Waals surface area contributed by atoms with Gasteiger partial charge in [-0.15, -0.1) is 0 Å². The van der Waals surface area contributed by atoms with Crippen molar-refractivity contribution < 1.29 is 4.79 Å². The van der Waals surface area contributed by atoms with E-state index >= 15 is 0 Å². The molecule has 0 saturated carbocycles. The van der Waals surface area contributed by atoms with Gasteiger partial charge < -0.3 is 5.73 Å². The Kier molecular flexibility index (Phi) is 4.18. The average Bonchev–Trinajstić information content (AvgIpc) is 2.45. The molecule has 1 amide bonds. The van der Waals surface area contributed by atoms with Crippen molar-refractivity contribution in [2.24, 2.45) is 5.73 Å². The molecule has 13 heavy (non-hydrogen) atoms. The molecule has 1 aliphatic heterocycles. The minimum Gasteiger partial charge on any atom is -0.330 e. The van der Waals surface area contributed by atoms with E-state index in [9.17, 15) is 4.79 Å². The van der Waals surface area contributed by atoms with Gasteiger partial charge in [0.2, 0.25) is 5.91 Å². The van der Waals surface area contributed by atoms with Crippen molar-refractivity contribution in [3.8, 4) is 0 Å². The van der Waals surface area contributed by atoms with Gasteiger partial charge in [-0.2, -0.15) is 0 Å². The molecule has 0 unspecified atom stereocenters. The number of hydrogen-bond acceptors (Lipinski definition) is 3. The van der Waals surface area contributed by atoms with Crippen molar-refractivity contribution in [1.82, 2.24) is 10.0 Å². The van der Waals surface area contributed by atoms with Crippen LogP contribution < -0.4 is 5.73 Å². The Morgan fingerprint density at radius 1 is 1.46 bits per heavy atom. The van der Waals surface area contributed by atoms with Crippen LogP contribution in [0.4, 0.5) is 0 Å². The largest absolute Gasteiger partial charge is 0.330 e. The maximum atomic E-state index is 11.4. The van der Waals surface area contributed by atoms with Crippen LogP contribution in [0.2, 0.25) is 0 Å². The van der Waals surface area contributed by atoms with Crippen molar-refractivity contribution in [3.63, 3.8) is 0 Å². The van der Waals surface area contributed by atoms with Gasteiger partial charge in [0.1, 0.15) is 0 Å². The van der Waals surface area contributed by atoms with E-state index in [1.54, 1.807) is 0 Å². The summed E-state index contributed by atoms with van der Waals surface area (Å²) >= 11 is 0. The van der Waals surface area contributed by atoms with Gasteiger partial charge in [-0.3, -0.25) is 9.80 Å². The summed E-state index contributed by atoms with van der Waals surface area (Å²) in [5.74, 6) is 0.252. The molecule has 1 fully saturated rings. The summed E-state index contributed by atoms with van der Waals surface area (Å²) in [6.45, 7) is 5.44. The summed E-state index contributed by atoms with van der Waals surface area (Å²) < 4.78 is 0. The summed E-state index contributed by atoms with van der Waals surface area (Å²) in [7, 11) is 0. The zero-order chi connectivity index (χ0) is 9.68. The molecule has 1 aliphatic rings. The first-order valence-corrected chi connectivity index (χ1v) is 5.05. The van der Waals surface area contributed by atoms with Gasteiger partial charge in [-0.25, -0.2) is 5.01 Å². The third-order valence-electron chi connectivity index (χ3n) is 2.27. The Balaban J connectivity index is 2.40. The van der Waals surface area contributed by atoms with E-state index in [0.29, 0.717) is 13.0 Å². The predicted molar refractivity (Wildman–Crippen MR) is 51.9 cm³/mol. The first kappa shape index (κ1) is 10.5. The fourth-order valence-electron chi connectivity index (χ4n) is 1.63. The molecular weight excluding hydrogens is 166 g/mol. The highest BCUT2D eigenvalue weighted by molar-refractivity contribution is 5.77. The van der Waals surface area contributed by atoms with E-state index in [1.807, 2.05) is 5.01 Å². The minimum absolute atomic E-state index is 0.252. The molecule has 0 spiro atoms. The van der Waals surface area contributed by atoms with E-state index < -0.39 is 0 Å². The Hall–Kier alpha value is -0.610. The van der Waals surface area contributed by atoms with E-state index in [0.717, 1.165) is 32.5 Å². The number of carbonyl (C=O) groups excluding carboxylic acids is 1. The molecule has 4 heteroatoms. The second kappa shape index (κ2) is 5.19. The maximum Gasteiger partial charge on any atom is 0.238 e. The van der Waals surface area contributed by atoms with Crippen LogP contribution in [0.15, 0.2) is 0 Å². The van der Waals surface area contributed by atoms with E-state index in [4.69, 9.17) is 5.73 Å². The van der Waals surface area contributed by atoms with Crippen molar-refractivity contribution in [1.29, 1.82) is 0 Å². The lowest BCUT2D eigenvalue weighted by molar-refractivity contribution is -0.138. The maximum absolute atomic E-state index is 11.4. The van der Waals surface area contributed by atoms with Crippen molar-refractivity contribution in [3.05, 3.63) is 0 Å². The molecule has 1 rings (SSSR count). The fraction of sp³-hybridized carbons (Fsp3) is 0.889. The van der Waals surface area contributed by atoms with E-state index in [-0.39, 0.29) is 5.91 Å². The van der Waals surface area contributed by atoms with Gasteiger partial charge >= 0.3 is 0 Å². The number of hydrogen-bond donors (Lipinski definition) is 1. The molecule has 0 aliphatic carbocycles. The molecule has 0 aromatic carbocycles. The summed E-state index contributed by atoms with van der Waals surface area (Å²) in [6, 6.07) is 0. The highest BCUT2D eigenvalue weighted by Gasteiger charge is 2.26. The number of rotatable bonds is 5. The molecule has 0 radical (unpaired) electrons. The van der Waals surface area contributed by atoms with Crippen LogP contribution in [-0.4, -0.2) is 42.1 Å². The number of nitrogens with two attached hydrogens (primary N) is 1. The Labute approximate surface area is 79.6 Å². The van der Waals surface area contributed by atoms with Gasteiger partial charge in [0, 0.05) is 26.1 Å². The van der Waals surface area contributed by atoms with Crippen LogP contribution in [0.25, 0.3) is 0 Å². The zero-order valence-electron chi connectivity index (χ0n) is 8.33. The number of amides is 1. The van der Waals surface area contributed by atoms with Crippen molar-refractivity contribution >= 4 is 5.91 Å². The Bertz CT molecular complexity index is 172. The van der Waals surface area contributed by atoms with Gasteiger partial charge in [0.15, 0.2) is 0 Å². The molecule has 1 saturated heterocycles. The van der Waals surface area contributed by atoms with Crippen LogP contribution in [0, 0.1) is 0 Å². The summed E-state index contributed by atoms with van der Waals surface area (Å²) in [6.07, 6.45) is 2.66.